The maximum Gasteiger partial charge on any atom is 0.0700 e. The lowest BCUT2D eigenvalue weighted by atomic mass is 10.2. The van der Waals surface area contributed by atoms with Gasteiger partial charge in [-0.2, -0.15) is 0 Å². The number of methoxy groups -OCH3 is 2. The smallest absolute Gasteiger partial charge is 0.0700 e. The van der Waals surface area contributed by atoms with E-state index < -0.39 is 0 Å². The van der Waals surface area contributed by atoms with E-state index in [-0.39, 0.29) is 0 Å². The van der Waals surface area contributed by atoms with Crippen LogP contribution in [0.25, 0.3) is 0 Å². The first-order valence-electron chi connectivity index (χ1n) is 7.82. The molecule has 0 aromatic carbocycles. The largest absolute Gasteiger partial charge is 0.385 e. The standard InChI is InChI=1S/C15H32N2O3/c1-14(12-16-13-15-6-4-10-20-15)17(8-11-19-3)7-5-9-18-2/h14-16H,4-13H2,1-3H3. The van der Waals surface area contributed by atoms with Crippen molar-refractivity contribution in [2.45, 2.75) is 38.3 Å². The summed E-state index contributed by atoms with van der Waals surface area (Å²) in [6, 6.07) is 0.503. The minimum absolute atomic E-state index is 0.420. The van der Waals surface area contributed by atoms with Crippen LogP contribution in [0.5, 0.6) is 0 Å². The van der Waals surface area contributed by atoms with Crippen LogP contribution in [-0.2, 0) is 14.2 Å². The van der Waals surface area contributed by atoms with Crippen LogP contribution >= 0.6 is 0 Å². The third kappa shape index (κ3) is 7.55. The molecular formula is C15H32N2O3. The Labute approximate surface area is 123 Å². The number of nitrogens with zero attached hydrogens (tertiary/aromatic N) is 1. The number of hydrogen-bond donors (Lipinski definition) is 1. The fourth-order valence-corrected chi connectivity index (χ4v) is 2.56. The highest BCUT2D eigenvalue weighted by atomic mass is 16.5. The number of hydrogen-bond acceptors (Lipinski definition) is 5. The van der Waals surface area contributed by atoms with Crippen LogP contribution in [-0.4, -0.2) is 77.3 Å². The zero-order valence-corrected chi connectivity index (χ0v) is 13.4. The van der Waals surface area contributed by atoms with E-state index in [0.717, 1.165) is 52.4 Å². The zero-order valence-electron chi connectivity index (χ0n) is 13.4. The van der Waals surface area contributed by atoms with E-state index in [0.29, 0.717) is 12.1 Å². The first-order valence-corrected chi connectivity index (χ1v) is 7.82. The molecule has 1 aliphatic rings. The highest BCUT2D eigenvalue weighted by Crippen LogP contribution is 2.10. The number of ether oxygens (including phenoxy) is 3. The third-order valence-corrected chi connectivity index (χ3v) is 3.84. The van der Waals surface area contributed by atoms with Gasteiger partial charge in [-0.05, 0) is 26.2 Å². The minimum Gasteiger partial charge on any atom is -0.385 e. The SMILES string of the molecule is COCCCN(CCOC)C(C)CNCC1CCCO1. The minimum atomic E-state index is 0.420. The summed E-state index contributed by atoms with van der Waals surface area (Å²) in [5, 5.41) is 3.54. The first kappa shape index (κ1) is 17.9. The molecule has 2 atom stereocenters. The summed E-state index contributed by atoms with van der Waals surface area (Å²) in [6.45, 7) is 8.80. The molecule has 5 heteroatoms. The molecule has 1 heterocycles. The average molecular weight is 288 g/mol. The molecule has 0 spiro atoms. The van der Waals surface area contributed by atoms with Gasteiger partial charge in [0.25, 0.3) is 0 Å². The fourth-order valence-electron chi connectivity index (χ4n) is 2.56. The molecule has 20 heavy (non-hydrogen) atoms. The van der Waals surface area contributed by atoms with Crippen LogP contribution in [0.2, 0.25) is 0 Å². The van der Waals surface area contributed by atoms with Crippen molar-refractivity contribution in [2.75, 3.05) is 60.2 Å². The van der Waals surface area contributed by atoms with Gasteiger partial charge >= 0.3 is 0 Å². The number of rotatable bonds is 12. The van der Waals surface area contributed by atoms with Gasteiger partial charge in [-0.25, -0.2) is 0 Å². The van der Waals surface area contributed by atoms with E-state index in [1.54, 1.807) is 14.2 Å². The summed E-state index contributed by atoms with van der Waals surface area (Å²) in [6.07, 6.45) is 3.89. The van der Waals surface area contributed by atoms with Crippen molar-refractivity contribution >= 4 is 0 Å². The van der Waals surface area contributed by atoms with Crippen LogP contribution in [0, 0.1) is 0 Å². The predicted octanol–water partition coefficient (Wildman–Crippen LogP) is 1.13. The maximum absolute atomic E-state index is 5.63. The van der Waals surface area contributed by atoms with E-state index in [1.165, 1.54) is 12.8 Å². The molecule has 1 rings (SSSR count). The second kappa shape index (κ2) is 11.5. The van der Waals surface area contributed by atoms with Gasteiger partial charge in [0, 0.05) is 59.7 Å². The molecule has 0 radical (unpaired) electrons. The molecule has 0 aromatic rings. The van der Waals surface area contributed by atoms with E-state index in [9.17, 15) is 0 Å². The Morgan fingerprint density at radius 2 is 2.05 bits per heavy atom. The molecule has 1 aliphatic heterocycles. The van der Waals surface area contributed by atoms with Gasteiger partial charge in [0.05, 0.1) is 12.7 Å². The summed E-state index contributed by atoms with van der Waals surface area (Å²) in [7, 11) is 3.51. The first-order chi connectivity index (χ1) is 9.77. The van der Waals surface area contributed by atoms with E-state index in [2.05, 4.69) is 17.1 Å². The highest BCUT2D eigenvalue weighted by Gasteiger charge is 2.17. The molecule has 2 unspecified atom stereocenters. The van der Waals surface area contributed by atoms with Gasteiger partial charge in [0.15, 0.2) is 0 Å². The lowest BCUT2D eigenvalue weighted by molar-refractivity contribution is 0.0976. The summed E-state index contributed by atoms with van der Waals surface area (Å²) < 4.78 is 16.0. The molecule has 5 nitrogen and oxygen atoms in total. The maximum atomic E-state index is 5.63. The van der Waals surface area contributed by atoms with Crippen LogP contribution < -0.4 is 5.32 Å². The van der Waals surface area contributed by atoms with Crippen molar-refractivity contribution in [3.63, 3.8) is 0 Å². The molecule has 0 amide bonds. The normalized spacial score (nSPS) is 20.7. The molecule has 0 bridgehead atoms. The molecule has 0 saturated carbocycles. The molecule has 120 valence electrons. The third-order valence-electron chi connectivity index (χ3n) is 3.84. The van der Waals surface area contributed by atoms with Crippen molar-refractivity contribution in [3.8, 4) is 0 Å². The molecule has 1 N–H and O–H groups in total. The van der Waals surface area contributed by atoms with Gasteiger partial charge in [-0.1, -0.05) is 0 Å². The zero-order chi connectivity index (χ0) is 14.6. The predicted molar refractivity (Wildman–Crippen MR) is 81.2 cm³/mol. The molecule has 0 aliphatic carbocycles. The monoisotopic (exact) mass is 288 g/mol. The van der Waals surface area contributed by atoms with Gasteiger partial charge in [0.1, 0.15) is 0 Å². The second-order valence-corrected chi connectivity index (χ2v) is 5.52. The summed E-state index contributed by atoms with van der Waals surface area (Å²) in [5.41, 5.74) is 0. The average Bonchev–Trinajstić information content (AvgIpc) is 2.95. The molecular weight excluding hydrogens is 256 g/mol. The summed E-state index contributed by atoms with van der Waals surface area (Å²) in [4.78, 5) is 2.46. The topological polar surface area (TPSA) is 43.0 Å². The Balaban J connectivity index is 2.19. The van der Waals surface area contributed by atoms with Crippen LogP contribution in [0.15, 0.2) is 0 Å². The molecule has 1 fully saturated rings. The van der Waals surface area contributed by atoms with Crippen LogP contribution in [0.4, 0.5) is 0 Å². The van der Waals surface area contributed by atoms with Crippen molar-refractivity contribution in [1.29, 1.82) is 0 Å². The second-order valence-electron chi connectivity index (χ2n) is 5.52. The Morgan fingerprint density at radius 1 is 1.25 bits per heavy atom. The van der Waals surface area contributed by atoms with Crippen LogP contribution in [0.1, 0.15) is 26.2 Å². The molecule has 1 saturated heterocycles. The van der Waals surface area contributed by atoms with Gasteiger partial charge < -0.3 is 19.5 Å². The van der Waals surface area contributed by atoms with Gasteiger partial charge in [-0.3, -0.25) is 4.90 Å². The van der Waals surface area contributed by atoms with Crippen molar-refractivity contribution in [1.82, 2.24) is 10.2 Å². The lowest BCUT2D eigenvalue weighted by Crippen LogP contribution is -2.44. The summed E-state index contributed by atoms with van der Waals surface area (Å²) in [5.74, 6) is 0. The van der Waals surface area contributed by atoms with Gasteiger partial charge in [-0.15, -0.1) is 0 Å². The Morgan fingerprint density at radius 3 is 2.70 bits per heavy atom. The van der Waals surface area contributed by atoms with E-state index >= 15 is 0 Å². The van der Waals surface area contributed by atoms with Crippen molar-refractivity contribution < 1.29 is 14.2 Å². The Bertz CT molecular complexity index is 223. The number of nitrogens with one attached hydrogen (secondary N) is 1. The quantitative estimate of drug-likeness (QED) is 0.545. The Hall–Kier alpha value is -0.200. The highest BCUT2D eigenvalue weighted by molar-refractivity contribution is 4.73. The molecule has 0 aromatic heterocycles. The lowest BCUT2D eigenvalue weighted by Gasteiger charge is -2.29. The van der Waals surface area contributed by atoms with Crippen molar-refractivity contribution in [3.05, 3.63) is 0 Å². The van der Waals surface area contributed by atoms with Crippen LogP contribution in [0.3, 0.4) is 0 Å². The summed E-state index contributed by atoms with van der Waals surface area (Å²) >= 11 is 0. The van der Waals surface area contributed by atoms with E-state index in [4.69, 9.17) is 14.2 Å². The Kier molecular flexibility index (Phi) is 10.2. The van der Waals surface area contributed by atoms with E-state index in [1.807, 2.05) is 0 Å². The van der Waals surface area contributed by atoms with Gasteiger partial charge in [0.2, 0.25) is 0 Å². The van der Waals surface area contributed by atoms with Crippen molar-refractivity contribution in [2.24, 2.45) is 0 Å². The fraction of sp³-hybridized carbons (Fsp3) is 1.00.